The maximum atomic E-state index is 6.29. The number of nitrogens with one attached hydrogen (secondary N) is 1. The molecule has 3 heteroatoms. The molecule has 2 unspecified atom stereocenters. The summed E-state index contributed by atoms with van der Waals surface area (Å²) in [6.45, 7) is 1.11. The van der Waals surface area contributed by atoms with Crippen LogP contribution in [0, 0.1) is 0 Å². The van der Waals surface area contributed by atoms with Crippen LogP contribution >= 0.6 is 11.8 Å². The topological polar surface area (TPSA) is 38.0 Å². The molecule has 1 fully saturated rings. The zero-order chi connectivity index (χ0) is 11.4. The molecule has 3 N–H and O–H groups in total. The lowest BCUT2D eigenvalue weighted by Crippen LogP contribution is -2.42. The van der Waals surface area contributed by atoms with E-state index >= 15 is 0 Å². The van der Waals surface area contributed by atoms with Crippen molar-refractivity contribution in [2.75, 3.05) is 12.8 Å². The van der Waals surface area contributed by atoms with Crippen molar-refractivity contribution in [1.82, 2.24) is 5.32 Å². The summed E-state index contributed by atoms with van der Waals surface area (Å²) in [5.74, 6) is 0. The Morgan fingerprint density at radius 3 is 2.62 bits per heavy atom. The molecule has 2 rings (SSSR count). The average molecular weight is 236 g/mol. The molecule has 0 amide bonds. The van der Waals surface area contributed by atoms with Gasteiger partial charge in [0, 0.05) is 17.0 Å². The third-order valence-electron chi connectivity index (χ3n) is 3.28. The zero-order valence-corrected chi connectivity index (χ0v) is 10.6. The molecule has 88 valence electrons. The van der Waals surface area contributed by atoms with E-state index in [1.807, 2.05) is 0 Å². The van der Waals surface area contributed by atoms with Crippen LogP contribution in [0.1, 0.15) is 30.9 Å². The van der Waals surface area contributed by atoms with E-state index in [0.717, 1.165) is 6.54 Å². The normalized spacial score (nSPS) is 23.0. The van der Waals surface area contributed by atoms with E-state index < -0.39 is 0 Å². The second-order valence-electron chi connectivity index (χ2n) is 4.36. The summed E-state index contributed by atoms with van der Waals surface area (Å²) < 4.78 is 0. The lowest BCUT2D eigenvalue weighted by atomic mass is 9.93. The summed E-state index contributed by atoms with van der Waals surface area (Å²) in [5.41, 5.74) is 7.54. The van der Waals surface area contributed by atoms with Gasteiger partial charge >= 0.3 is 0 Å². The summed E-state index contributed by atoms with van der Waals surface area (Å²) >= 11 is 1.77. The molecule has 1 saturated heterocycles. The maximum absolute atomic E-state index is 6.29. The van der Waals surface area contributed by atoms with Crippen LogP contribution in [0.15, 0.2) is 29.2 Å². The monoisotopic (exact) mass is 236 g/mol. The second kappa shape index (κ2) is 5.71. The molecule has 0 radical (unpaired) electrons. The second-order valence-corrected chi connectivity index (χ2v) is 5.23. The van der Waals surface area contributed by atoms with Crippen LogP contribution in [0.25, 0.3) is 0 Å². The Morgan fingerprint density at radius 1 is 1.31 bits per heavy atom. The molecule has 2 nitrogen and oxygen atoms in total. The fourth-order valence-corrected chi connectivity index (χ4v) is 2.65. The van der Waals surface area contributed by atoms with E-state index in [1.54, 1.807) is 11.8 Å². The third-order valence-corrected chi connectivity index (χ3v) is 4.03. The minimum Gasteiger partial charge on any atom is -0.323 e. The van der Waals surface area contributed by atoms with E-state index in [9.17, 15) is 0 Å². The molecule has 1 aliphatic heterocycles. The Balaban J connectivity index is 2.04. The maximum Gasteiger partial charge on any atom is 0.0450 e. The van der Waals surface area contributed by atoms with E-state index in [0.29, 0.717) is 6.04 Å². The standard InChI is InChI=1S/C13H20N2S/c1-16-11-7-5-10(6-8-11)13(14)12-4-2-3-9-15-12/h5-8,12-13,15H,2-4,9,14H2,1H3. The molecular formula is C13H20N2S. The number of rotatable bonds is 3. The number of piperidine rings is 1. The van der Waals surface area contributed by atoms with Gasteiger partial charge in [-0.2, -0.15) is 0 Å². The lowest BCUT2D eigenvalue weighted by Gasteiger charge is -2.29. The molecule has 1 aromatic carbocycles. The summed E-state index contributed by atoms with van der Waals surface area (Å²) in [6, 6.07) is 9.22. The van der Waals surface area contributed by atoms with Crippen LogP contribution in [0.2, 0.25) is 0 Å². The largest absolute Gasteiger partial charge is 0.323 e. The number of hydrogen-bond acceptors (Lipinski definition) is 3. The molecule has 0 aromatic heterocycles. The molecular weight excluding hydrogens is 216 g/mol. The van der Waals surface area contributed by atoms with Crippen molar-refractivity contribution in [2.24, 2.45) is 5.73 Å². The highest BCUT2D eigenvalue weighted by atomic mass is 32.2. The molecule has 16 heavy (non-hydrogen) atoms. The molecule has 0 saturated carbocycles. The van der Waals surface area contributed by atoms with Crippen molar-refractivity contribution >= 4 is 11.8 Å². The van der Waals surface area contributed by atoms with Gasteiger partial charge < -0.3 is 11.1 Å². The minimum absolute atomic E-state index is 0.135. The fraction of sp³-hybridized carbons (Fsp3) is 0.538. The van der Waals surface area contributed by atoms with Gasteiger partial charge in [0.15, 0.2) is 0 Å². The van der Waals surface area contributed by atoms with E-state index in [4.69, 9.17) is 5.73 Å². The first-order chi connectivity index (χ1) is 7.81. The first-order valence-electron chi connectivity index (χ1n) is 5.94. The molecule has 1 heterocycles. The Morgan fingerprint density at radius 2 is 2.06 bits per heavy atom. The Hall–Kier alpha value is -0.510. The Bertz CT molecular complexity index is 317. The predicted octanol–water partition coefficient (Wildman–Crippen LogP) is 2.55. The van der Waals surface area contributed by atoms with Crippen LogP contribution in [0.4, 0.5) is 0 Å². The minimum atomic E-state index is 0.135. The van der Waals surface area contributed by atoms with Crippen LogP contribution in [-0.2, 0) is 0 Å². The summed E-state index contributed by atoms with van der Waals surface area (Å²) in [4.78, 5) is 1.30. The Labute approximate surface area is 102 Å². The number of nitrogens with two attached hydrogens (primary N) is 1. The molecule has 1 aromatic rings. The Kier molecular flexibility index (Phi) is 4.27. The van der Waals surface area contributed by atoms with Gasteiger partial charge in [0.25, 0.3) is 0 Å². The van der Waals surface area contributed by atoms with E-state index in [1.165, 1.54) is 29.7 Å². The molecule has 0 aliphatic carbocycles. The number of benzene rings is 1. The fourth-order valence-electron chi connectivity index (χ4n) is 2.24. The van der Waals surface area contributed by atoms with Gasteiger partial charge in [-0.25, -0.2) is 0 Å². The van der Waals surface area contributed by atoms with Gasteiger partial charge in [0.1, 0.15) is 0 Å². The van der Waals surface area contributed by atoms with Crippen molar-refractivity contribution in [3.63, 3.8) is 0 Å². The van der Waals surface area contributed by atoms with Gasteiger partial charge in [-0.15, -0.1) is 11.8 Å². The molecule has 0 bridgehead atoms. The van der Waals surface area contributed by atoms with Crippen LogP contribution in [0.5, 0.6) is 0 Å². The van der Waals surface area contributed by atoms with Crippen molar-refractivity contribution < 1.29 is 0 Å². The van der Waals surface area contributed by atoms with Crippen molar-refractivity contribution in [1.29, 1.82) is 0 Å². The smallest absolute Gasteiger partial charge is 0.0450 e. The number of hydrogen-bond donors (Lipinski definition) is 2. The van der Waals surface area contributed by atoms with Crippen LogP contribution < -0.4 is 11.1 Å². The van der Waals surface area contributed by atoms with Gasteiger partial charge in [-0.3, -0.25) is 0 Å². The predicted molar refractivity (Wildman–Crippen MR) is 70.8 cm³/mol. The van der Waals surface area contributed by atoms with Crippen LogP contribution in [-0.4, -0.2) is 18.8 Å². The van der Waals surface area contributed by atoms with Gasteiger partial charge in [-0.05, 0) is 43.3 Å². The van der Waals surface area contributed by atoms with Crippen LogP contribution in [0.3, 0.4) is 0 Å². The van der Waals surface area contributed by atoms with Gasteiger partial charge in [0.05, 0.1) is 0 Å². The highest BCUT2D eigenvalue weighted by Gasteiger charge is 2.20. The highest BCUT2D eigenvalue weighted by Crippen LogP contribution is 2.23. The molecule has 1 aliphatic rings. The quantitative estimate of drug-likeness (QED) is 0.792. The number of thioether (sulfide) groups is 1. The van der Waals surface area contributed by atoms with E-state index in [2.05, 4.69) is 35.8 Å². The lowest BCUT2D eigenvalue weighted by molar-refractivity contribution is 0.353. The highest BCUT2D eigenvalue weighted by molar-refractivity contribution is 7.98. The van der Waals surface area contributed by atoms with Crippen molar-refractivity contribution in [3.05, 3.63) is 29.8 Å². The molecule has 2 atom stereocenters. The first-order valence-corrected chi connectivity index (χ1v) is 7.16. The van der Waals surface area contributed by atoms with Crippen molar-refractivity contribution in [2.45, 2.75) is 36.2 Å². The van der Waals surface area contributed by atoms with Crippen molar-refractivity contribution in [3.8, 4) is 0 Å². The van der Waals surface area contributed by atoms with Gasteiger partial charge in [-0.1, -0.05) is 18.6 Å². The molecule has 0 spiro atoms. The first kappa shape index (κ1) is 12.0. The average Bonchev–Trinajstić information content (AvgIpc) is 2.39. The van der Waals surface area contributed by atoms with E-state index in [-0.39, 0.29) is 6.04 Å². The third kappa shape index (κ3) is 2.78. The SMILES string of the molecule is CSc1ccc(C(N)C2CCCCN2)cc1. The van der Waals surface area contributed by atoms with Gasteiger partial charge in [0.2, 0.25) is 0 Å². The zero-order valence-electron chi connectivity index (χ0n) is 9.78. The summed E-state index contributed by atoms with van der Waals surface area (Å²) in [7, 11) is 0. The summed E-state index contributed by atoms with van der Waals surface area (Å²) in [6.07, 6.45) is 5.88. The summed E-state index contributed by atoms with van der Waals surface area (Å²) in [5, 5.41) is 3.52.